The summed E-state index contributed by atoms with van der Waals surface area (Å²) >= 11 is 4.01. The number of carbonyl (C=O) groups excluding carboxylic acids is 2. The minimum atomic E-state index is -0.659. The number of hydrogen-bond donors (Lipinski definition) is 0. The molecule has 18 heteroatoms. The number of fused-ring (bicyclic) bond motifs is 2. The van der Waals surface area contributed by atoms with Gasteiger partial charge in [0.05, 0.1) is 27.7 Å². The molecule has 0 amide bonds. The van der Waals surface area contributed by atoms with Gasteiger partial charge in [-0.1, -0.05) is 49.9 Å². The average Bonchev–Trinajstić information content (AvgIpc) is 4.29. The molecule has 75 heavy (non-hydrogen) atoms. The van der Waals surface area contributed by atoms with Crippen LogP contribution in [0.25, 0.3) is 33.3 Å². The molecule has 2 aliphatic rings. The molecule has 8 aromatic rings. The SMILES string of the molecule is C.CC(=O)Cc1cccc(-n2c(=O)n(C3CC3)c(=O)c3c(Cc4ccc(I)cc4F)n(C)c(=O)c(C)c32)c1.CC(=O)Cc1cccc(Cc2c(C)c(=O)n(C)c3c2c(=O)n(C2CC2)c(=O)n3-c2ccc(I)cc2F)c1. The number of aromatic nitrogens is 6. The van der Waals surface area contributed by atoms with Crippen molar-refractivity contribution in [1.29, 1.82) is 0 Å². The van der Waals surface area contributed by atoms with Crippen LogP contribution in [0, 0.1) is 32.6 Å². The largest absolute Gasteiger partial charge is 0.337 e. The molecule has 10 rings (SSSR count). The van der Waals surface area contributed by atoms with E-state index >= 15 is 4.39 Å². The molecule has 0 radical (unpaired) electrons. The summed E-state index contributed by atoms with van der Waals surface area (Å²) in [5.74, 6) is -1.05. The van der Waals surface area contributed by atoms with Crippen molar-refractivity contribution in [2.75, 3.05) is 0 Å². The van der Waals surface area contributed by atoms with Crippen molar-refractivity contribution >= 4 is 78.7 Å². The third-order valence-electron chi connectivity index (χ3n) is 13.7. The van der Waals surface area contributed by atoms with Crippen LogP contribution in [-0.4, -0.2) is 39.0 Å². The van der Waals surface area contributed by atoms with E-state index in [1.165, 1.54) is 61.9 Å². The number of pyridine rings is 2. The molecule has 2 saturated carbocycles. The van der Waals surface area contributed by atoms with Gasteiger partial charge in [0, 0.05) is 69.4 Å². The Morgan fingerprint density at radius 2 is 1.11 bits per heavy atom. The van der Waals surface area contributed by atoms with Crippen molar-refractivity contribution in [1.82, 2.24) is 27.4 Å². The Hall–Kier alpha value is -6.68. The second-order valence-electron chi connectivity index (χ2n) is 19.3. The number of rotatable bonds is 12. The van der Waals surface area contributed by atoms with Crippen molar-refractivity contribution in [2.45, 2.75) is 98.6 Å². The van der Waals surface area contributed by atoms with Crippen LogP contribution in [0.2, 0.25) is 0 Å². The van der Waals surface area contributed by atoms with Crippen molar-refractivity contribution in [2.24, 2.45) is 14.1 Å². The van der Waals surface area contributed by atoms with E-state index in [0.29, 0.717) is 57.3 Å². The van der Waals surface area contributed by atoms with E-state index in [1.807, 2.05) is 69.4 Å². The quantitative estimate of drug-likeness (QED) is 0.110. The number of halogens is 4. The maximum Gasteiger partial charge on any atom is 0.337 e. The number of carbonyl (C=O) groups is 2. The molecule has 0 spiro atoms. The van der Waals surface area contributed by atoms with E-state index in [4.69, 9.17) is 0 Å². The smallest absolute Gasteiger partial charge is 0.314 e. The number of ketones is 2. The summed E-state index contributed by atoms with van der Waals surface area (Å²) in [6.45, 7) is 6.27. The Kier molecular flexibility index (Phi) is 15.7. The molecule has 0 unspecified atom stereocenters. The second kappa shape index (κ2) is 21.5. The maximum atomic E-state index is 15.2. The molecule has 4 heterocycles. The van der Waals surface area contributed by atoms with Gasteiger partial charge in [-0.2, -0.15) is 0 Å². The van der Waals surface area contributed by atoms with Gasteiger partial charge in [-0.3, -0.25) is 47.0 Å². The molecule has 0 atom stereocenters. The lowest BCUT2D eigenvalue weighted by Crippen LogP contribution is -2.42. The lowest BCUT2D eigenvalue weighted by atomic mass is 9.96. The molecule has 2 aliphatic carbocycles. The fourth-order valence-corrected chi connectivity index (χ4v) is 10.8. The van der Waals surface area contributed by atoms with Crippen LogP contribution in [0.5, 0.6) is 0 Å². The molecule has 0 bridgehead atoms. The highest BCUT2D eigenvalue weighted by Gasteiger charge is 2.33. The fraction of sp³-hybridized carbons (Fsp3) is 0.298. The summed E-state index contributed by atoms with van der Waals surface area (Å²) in [6.07, 6.45) is 3.51. The highest BCUT2D eigenvalue weighted by Crippen LogP contribution is 2.35. The third-order valence-corrected chi connectivity index (χ3v) is 15.1. The van der Waals surface area contributed by atoms with Crippen molar-refractivity contribution in [3.8, 4) is 11.4 Å². The van der Waals surface area contributed by atoms with Gasteiger partial charge in [0.25, 0.3) is 22.2 Å². The Labute approximate surface area is 456 Å². The minimum absolute atomic E-state index is 0. The van der Waals surface area contributed by atoms with Crippen LogP contribution in [0.1, 0.15) is 104 Å². The van der Waals surface area contributed by atoms with E-state index in [9.17, 15) is 42.7 Å². The molecule has 0 saturated heterocycles. The van der Waals surface area contributed by atoms with Crippen LogP contribution in [-0.2, 0) is 49.4 Å². The van der Waals surface area contributed by atoms with Gasteiger partial charge in [0.2, 0.25) is 0 Å². The van der Waals surface area contributed by atoms with Crippen molar-refractivity contribution < 1.29 is 18.4 Å². The van der Waals surface area contributed by atoms with Gasteiger partial charge in [-0.15, -0.1) is 0 Å². The molecule has 4 aromatic heterocycles. The average molecular weight is 1240 g/mol. The lowest BCUT2D eigenvalue weighted by molar-refractivity contribution is -0.117. The van der Waals surface area contributed by atoms with Gasteiger partial charge >= 0.3 is 11.4 Å². The Morgan fingerprint density at radius 3 is 1.68 bits per heavy atom. The molecule has 0 aliphatic heterocycles. The van der Waals surface area contributed by atoms with E-state index in [-0.39, 0.29) is 101 Å². The highest BCUT2D eigenvalue weighted by atomic mass is 127. The van der Waals surface area contributed by atoms with E-state index in [2.05, 4.69) is 0 Å². The zero-order chi connectivity index (χ0) is 53.2. The molecular formula is C57H54F2I2N6O8. The molecule has 2 fully saturated rings. The number of nitrogens with zero attached hydrogens (tertiary/aromatic N) is 6. The minimum Gasteiger partial charge on any atom is -0.314 e. The van der Waals surface area contributed by atoms with Gasteiger partial charge < -0.3 is 4.57 Å². The van der Waals surface area contributed by atoms with Gasteiger partial charge in [-0.25, -0.2) is 22.9 Å². The van der Waals surface area contributed by atoms with Crippen molar-refractivity contribution in [3.05, 3.63) is 211 Å². The van der Waals surface area contributed by atoms with Gasteiger partial charge in [-0.05, 0) is 175 Å². The fourth-order valence-electron chi connectivity index (χ4n) is 9.88. The van der Waals surface area contributed by atoms with Gasteiger partial charge in [0.15, 0.2) is 0 Å². The summed E-state index contributed by atoms with van der Waals surface area (Å²) in [5.41, 5.74) is 2.07. The Bertz CT molecular complexity index is 4080. The maximum absolute atomic E-state index is 15.2. The van der Waals surface area contributed by atoms with E-state index in [0.717, 1.165) is 24.8 Å². The monoisotopic (exact) mass is 1240 g/mol. The van der Waals surface area contributed by atoms with Gasteiger partial charge in [0.1, 0.15) is 28.8 Å². The van der Waals surface area contributed by atoms with E-state index < -0.39 is 34.1 Å². The summed E-state index contributed by atoms with van der Waals surface area (Å²) in [4.78, 5) is 105. The molecular weight excluding hydrogens is 1190 g/mol. The number of aryl methyl sites for hydroxylation is 2. The Morgan fingerprint density at radius 1 is 0.587 bits per heavy atom. The highest BCUT2D eigenvalue weighted by molar-refractivity contribution is 14.1. The second-order valence-corrected chi connectivity index (χ2v) is 21.8. The van der Waals surface area contributed by atoms with E-state index in [1.54, 1.807) is 63.4 Å². The summed E-state index contributed by atoms with van der Waals surface area (Å²) < 4.78 is 39.2. The lowest BCUT2D eigenvalue weighted by Gasteiger charge is -2.20. The standard InChI is InChI=1S/2C28H25FIN3O4.CH4/c1-15(34)11-17-5-4-6-18(12-17)13-21-16(2)26(35)31(3)25-24(21)27(36)32(20-8-9-20)28(37)33(25)23-10-7-19(30)14-22(23)29;1-15(34)11-17-5-4-6-21(12-17)32-25-16(2)26(35)31(3)23(13-18-7-8-19(30)14-22(18)29)24(25)27(36)33(28(32)37)20-9-10-20;/h4-7,10,12,14,20H,8-9,11,13H2,1-3H3;4-8,12,14,20H,9-11,13H2,1-3H3;1H4. The zero-order valence-electron chi connectivity index (χ0n) is 41.4. The number of benzene rings is 4. The third kappa shape index (κ3) is 10.5. The van der Waals surface area contributed by atoms with Crippen LogP contribution in [0.4, 0.5) is 8.78 Å². The van der Waals surface area contributed by atoms with Crippen LogP contribution in [0.15, 0.2) is 114 Å². The molecule has 388 valence electrons. The van der Waals surface area contributed by atoms with Crippen molar-refractivity contribution in [3.63, 3.8) is 0 Å². The topological polar surface area (TPSA) is 166 Å². The normalized spacial score (nSPS) is 13.1. The van der Waals surface area contributed by atoms with Crippen LogP contribution in [0.3, 0.4) is 0 Å². The zero-order valence-corrected chi connectivity index (χ0v) is 45.7. The first kappa shape index (κ1) is 54.6. The predicted molar refractivity (Wildman–Crippen MR) is 303 cm³/mol. The first-order valence-electron chi connectivity index (χ1n) is 24.0. The number of hydrogen-bond acceptors (Lipinski definition) is 8. The summed E-state index contributed by atoms with van der Waals surface area (Å²) in [7, 11) is 3.06. The summed E-state index contributed by atoms with van der Waals surface area (Å²) in [5, 5.41) is 0.446. The first-order chi connectivity index (χ1) is 35.2. The Balaban J connectivity index is 0.000000197. The predicted octanol–water partition coefficient (Wildman–Crippen LogP) is 8.56. The first-order valence-corrected chi connectivity index (χ1v) is 26.2. The summed E-state index contributed by atoms with van der Waals surface area (Å²) in [6, 6.07) is 23.3. The molecule has 4 aromatic carbocycles. The number of Topliss-reactive ketones (excluding diaryl/α,β-unsaturated/α-hetero) is 2. The van der Waals surface area contributed by atoms with Crippen LogP contribution < -0.4 is 33.6 Å². The van der Waals surface area contributed by atoms with Crippen LogP contribution >= 0.6 is 45.2 Å². The molecule has 14 nitrogen and oxygen atoms in total. The molecule has 0 N–H and O–H groups in total.